The molecule has 2 unspecified atom stereocenters. The first-order chi connectivity index (χ1) is 9.01. The lowest BCUT2D eigenvalue weighted by atomic mass is 10.1. The number of hydrogen-bond acceptors (Lipinski definition) is 5. The fourth-order valence-corrected chi connectivity index (χ4v) is 2.46. The van der Waals surface area contributed by atoms with E-state index in [-0.39, 0.29) is 24.5 Å². The standard InChI is InChI=1S/C13H18N2O4/c1-9-6-14(7-10(2)19-9)12-3-4-13(15(17)18)11(5-12)8-16/h3-5,9-10,16H,6-8H2,1-2H3. The smallest absolute Gasteiger partial charge is 0.275 e. The summed E-state index contributed by atoms with van der Waals surface area (Å²) in [6.45, 7) is 5.15. The fraction of sp³-hybridized carbons (Fsp3) is 0.538. The van der Waals surface area contributed by atoms with Crippen molar-refractivity contribution in [2.24, 2.45) is 0 Å². The second-order valence-electron chi connectivity index (χ2n) is 4.89. The molecule has 1 aliphatic heterocycles. The molecule has 1 saturated heterocycles. The van der Waals surface area contributed by atoms with Gasteiger partial charge in [0.2, 0.25) is 0 Å². The highest BCUT2D eigenvalue weighted by molar-refractivity contribution is 5.56. The minimum atomic E-state index is -0.472. The van der Waals surface area contributed by atoms with E-state index in [9.17, 15) is 15.2 Å². The Morgan fingerprint density at radius 2 is 2.05 bits per heavy atom. The number of anilines is 1. The van der Waals surface area contributed by atoms with Crippen LogP contribution in [0.2, 0.25) is 0 Å². The Morgan fingerprint density at radius 3 is 2.58 bits per heavy atom. The molecule has 0 aliphatic carbocycles. The number of aliphatic hydroxyl groups is 1. The van der Waals surface area contributed by atoms with Gasteiger partial charge in [-0.3, -0.25) is 10.1 Å². The van der Waals surface area contributed by atoms with Crippen LogP contribution in [-0.2, 0) is 11.3 Å². The Hall–Kier alpha value is -1.66. The van der Waals surface area contributed by atoms with Crippen molar-refractivity contribution < 1.29 is 14.8 Å². The first-order valence-corrected chi connectivity index (χ1v) is 6.30. The van der Waals surface area contributed by atoms with Crippen molar-refractivity contribution in [3.63, 3.8) is 0 Å². The van der Waals surface area contributed by atoms with Crippen molar-refractivity contribution in [3.8, 4) is 0 Å². The molecule has 2 rings (SSSR count). The molecule has 0 spiro atoms. The van der Waals surface area contributed by atoms with E-state index in [1.807, 2.05) is 13.8 Å². The van der Waals surface area contributed by atoms with E-state index >= 15 is 0 Å². The van der Waals surface area contributed by atoms with Gasteiger partial charge < -0.3 is 14.7 Å². The van der Waals surface area contributed by atoms with E-state index in [2.05, 4.69) is 4.90 Å². The van der Waals surface area contributed by atoms with Crippen LogP contribution in [0.15, 0.2) is 18.2 Å². The molecule has 19 heavy (non-hydrogen) atoms. The highest BCUT2D eigenvalue weighted by Crippen LogP contribution is 2.27. The van der Waals surface area contributed by atoms with Gasteiger partial charge in [0.05, 0.1) is 29.3 Å². The van der Waals surface area contributed by atoms with Gasteiger partial charge in [-0.15, -0.1) is 0 Å². The molecule has 2 atom stereocenters. The van der Waals surface area contributed by atoms with E-state index in [1.165, 1.54) is 6.07 Å². The van der Waals surface area contributed by atoms with Gasteiger partial charge in [-0.05, 0) is 26.0 Å². The summed E-state index contributed by atoms with van der Waals surface area (Å²) in [7, 11) is 0. The zero-order chi connectivity index (χ0) is 14.0. The van der Waals surface area contributed by atoms with Crippen molar-refractivity contribution in [1.29, 1.82) is 0 Å². The molecule has 1 N–H and O–H groups in total. The molecule has 0 bridgehead atoms. The zero-order valence-corrected chi connectivity index (χ0v) is 11.1. The summed E-state index contributed by atoms with van der Waals surface area (Å²) < 4.78 is 5.66. The van der Waals surface area contributed by atoms with Crippen molar-refractivity contribution >= 4 is 11.4 Å². The number of benzene rings is 1. The molecular formula is C13H18N2O4. The molecule has 1 aromatic carbocycles. The Bertz CT molecular complexity index is 468. The van der Waals surface area contributed by atoms with Gasteiger partial charge >= 0.3 is 0 Å². The lowest BCUT2D eigenvalue weighted by molar-refractivity contribution is -0.385. The Morgan fingerprint density at radius 1 is 1.42 bits per heavy atom. The molecule has 6 nitrogen and oxygen atoms in total. The maximum absolute atomic E-state index is 10.8. The van der Waals surface area contributed by atoms with Crippen LogP contribution in [0.1, 0.15) is 19.4 Å². The zero-order valence-electron chi connectivity index (χ0n) is 11.1. The summed E-state index contributed by atoms with van der Waals surface area (Å²) >= 11 is 0. The van der Waals surface area contributed by atoms with E-state index in [0.29, 0.717) is 5.56 Å². The lowest BCUT2D eigenvalue weighted by Gasteiger charge is -2.37. The molecule has 6 heteroatoms. The number of morpholine rings is 1. The third-order valence-electron chi connectivity index (χ3n) is 3.21. The minimum absolute atomic E-state index is 0.0411. The predicted molar refractivity (Wildman–Crippen MR) is 71.2 cm³/mol. The molecule has 104 valence electrons. The highest BCUT2D eigenvalue weighted by Gasteiger charge is 2.23. The number of nitro benzene ring substituents is 1. The fourth-order valence-electron chi connectivity index (χ4n) is 2.46. The second-order valence-corrected chi connectivity index (χ2v) is 4.89. The number of ether oxygens (including phenoxy) is 1. The number of rotatable bonds is 3. The normalized spacial score (nSPS) is 23.4. The number of hydrogen-bond donors (Lipinski definition) is 1. The summed E-state index contributed by atoms with van der Waals surface area (Å²) in [5.41, 5.74) is 1.19. The Labute approximate surface area is 111 Å². The van der Waals surface area contributed by atoms with Gasteiger partial charge in [-0.2, -0.15) is 0 Å². The van der Waals surface area contributed by atoms with Gasteiger partial charge in [0.15, 0.2) is 0 Å². The molecule has 1 aromatic rings. The molecule has 0 aromatic heterocycles. The van der Waals surface area contributed by atoms with Crippen LogP contribution in [-0.4, -0.2) is 35.3 Å². The van der Waals surface area contributed by atoms with Gasteiger partial charge in [-0.25, -0.2) is 0 Å². The third-order valence-corrected chi connectivity index (χ3v) is 3.21. The van der Waals surface area contributed by atoms with E-state index < -0.39 is 4.92 Å². The average molecular weight is 266 g/mol. The largest absolute Gasteiger partial charge is 0.391 e. The summed E-state index contributed by atoms with van der Waals surface area (Å²) in [6, 6.07) is 4.86. The number of aliphatic hydroxyl groups excluding tert-OH is 1. The van der Waals surface area contributed by atoms with Gasteiger partial charge in [-0.1, -0.05) is 0 Å². The van der Waals surface area contributed by atoms with Crippen molar-refractivity contribution in [3.05, 3.63) is 33.9 Å². The lowest BCUT2D eigenvalue weighted by Crippen LogP contribution is -2.45. The second kappa shape index (κ2) is 5.54. The molecule has 0 amide bonds. The molecule has 0 saturated carbocycles. The van der Waals surface area contributed by atoms with Crippen LogP contribution in [0.25, 0.3) is 0 Å². The monoisotopic (exact) mass is 266 g/mol. The summed E-state index contributed by atoms with van der Waals surface area (Å²) in [4.78, 5) is 12.5. The van der Waals surface area contributed by atoms with Crippen LogP contribution in [0.4, 0.5) is 11.4 Å². The van der Waals surface area contributed by atoms with Crippen LogP contribution in [0, 0.1) is 10.1 Å². The van der Waals surface area contributed by atoms with E-state index in [4.69, 9.17) is 4.74 Å². The van der Waals surface area contributed by atoms with Crippen LogP contribution in [0.5, 0.6) is 0 Å². The predicted octanol–water partition coefficient (Wildman–Crippen LogP) is 1.70. The maximum atomic E-state index is 10.8. The molecule has 1 aliphatic rings. The third kappa shape index (κ3) is 3.02. The van der Waals surface area contributed by atoms with Crippen LogP contribution < -0.4 is 4.90 Å². The highest BCUT2D eigenvalue weighted by atomic mass is 16.6. The number of nitrogens with zero attached hydrogens (tertiary/aromatic N) is 2. The van der Waals surface area contributed by atoms with E-state index in [0.717, 1.165) is 18.8 Å². The molecule has 1 heterocycles. The molecular weight excluding hydrogens is 248 g/mol. The SMILES string of the molecule is CC1CN(c2ccc([N+](=O)[O-])c(CO)c2)CC(C)O1. The Kier molecular flexibility index (Phi) is 4.01. The van der Waals surface area contributed by atoms with Gasteiger partial charge in [0, 0.05) is 24.8 Å². The number of nitro groups is 1. The van der Waals surface area contributed by atoms with Gasteiger partial charge in [0.1, 0.15) is 0 Å². The summed E-state index contributed by atoms with van der Waals surface area (Å²) in [5, 5.41) is 20.1. The quantitative estimate of drug-likeness (QED) is 0.665. The topological polar surface area (TPSA) is 75.8 Å². The van der Waals surface area contributed by atoms with Crippen molar-refractivity contribution in [2.75, 3.05) is 18.0 Å². The molecule has 1 fully saturated rings. The maximum Gasteiger partial charge on any atom is 0.275 e. The van der Waals surface area contributed by atoms with Crippen molar-refractivity contribution in [2.45, 2.75) is 32.7 Å². The summed E-state index contributed by atoms with van der Waals surface area (Å²) in [5.74, 6) is 0. The Balaban J connectivity index is 2.27. The van der Waals surface area contributed by atoms with Crippen LogP contribution >= 0.6 is 0 Å². The summed E-state index contributed by atoms with van der Waals surface area (Å²) in [6.07, 6.45) is 0.244. The van der Waals surface area contributed by atoms with Gasteiger partial charge in [0.25, 0.3) is 5.69 Å². The average Bonchev–Trinajstić information content (AvgIpc) is 2.36. The van der Waals surface area contributed by atoms with Crippen molar-refractivity contribution in [1.82, 2.24) is 0 Å². The van der Waals surface area contributed by atoms with E-state index in [1.54, 1.807) is 12.1 Å². The van der Waals surface area contributed by atoms with Crippen LogP contribution in [0.3, 0.4) is 0 Å². The minimum Gasteiger partial charge on any atom is -0.391 e. The first-order valence-electron chi connectivity index (χ1n) is 6.30. The first kappa shape index (κ1) is 13.8. The molecule has 0 radical (unpaired) electrons.